The maximum Gasteiger partial charge on any atom is 0.458 e. The summed E-state index contributed by atoms with van der Waals surface area (Å²) in [6, 6.07) is 0. The van der Waals surface area contributed by atoms with Crippen molar-refractivity contribution < 1.29 is 27.5 Å². The molecular weight excluding hydrogens is 239 g/mol. The maximum absolute atomic E-state index is 13.0. The Morgan fingerprint density at radius 3 is 2.88 bits per heavy atom. The Bertz CT molecular complexity index is 308. The van der Waals surface area contributed by atoms with Gasteiger partial charge in [0.05, 0.1) is 12.1 Å². The molecule has 0 bridgehead atoms. The summed E-state index contributed by atoms with van der Waals surface area (Å²) < 4.78 is 49.2. The molecule has 3 unspecified atom stereocenters. The highest BCUT2D eigenvalue weighted by Gasteiger charge is 2.68. The molecule has 2 rings (SSSR count). The highest BCUT2D eigenvalue weighted by atomic mass is 19.4. The lowest BCUT2D eigenvalue weighted by Gasteiger charge is -2.40. The van der Waals surface area contributed by atoms with Crippen molar-refractivity contribution in [1.82, 2.24) is 0 Å². The largest absolute Gasteiger partial charge is 0.458 e. The van der Waals surface area contributed by atoms with Crippen molar-refractivity contribution in [1.29, 1.82) is 0 Å². The summed E-state index contributed by atoms with van der Waals surface area (Å²) in [6.07, 6.45) is -2.92. The molecule has 1 fully saturated rings. The molecule has 0 amide bonds. The first-order valence-corrected chi connectivity index (χ1v) is 5.57. The van der Waals surface area contributed by atoms with Gasteiger partial charge in [-0.25, -0.2) is 0 Å². The van der Waals surface area contributed by atoms with Gasteiger partial charge in [-0.05, 0) is 19.3 Å². The van der Waals surface area contributed by atoms with Crippen LogP contribution in [0.25, 0.3) is 0 Å². The summed E-state index contributed by atoms with van der Waals surface area (Å²) in [5.74, 6) is -3.53. The Morgan fingerprint density at radius 2 is 2.24 bits per heavy atom. The average Bonchev–Trinajstić information content (AvgIpc) is 2.69. The van der Waals surface area contributed by atoms with Crippen LogP contribution < -0.4 is 0 Å². The normalized spacial score (nSPS) is 36.7. The van der Waals surface area contributed by atoms with Gasteiger partial charge in [0.1, 0.15) is 0 Å². The molecule has 0 aromatic heterocycles. The van der Waals surface area contributed by atoms with Gasteiger partial charge in [0.25, 0.3) is 0 Å². The van der Waals surface area contributed by atoms with Crippen LogP contribution in [-0.2, 0) is 14.3 Å². The van der Waals surface area contributed by atoms with E-state index in [9.17, 15) is 13.2 Å². The number of hydrogen-bond donors (Lipinski definition) is 0. The van der Waals surface area contributed by atoms with Crippen LogP contribution in [0.3, 0.4) is 0 Å². The van der Waals surface area contributed by atoms with Crippen molar-refractivity contribution >= 4 is 6.21 Å². The summed E-state index contributed by atoms with van der Waals surface area (Å²) in [7, 11) is 0. The zero-order chi connectivity index (χ0) is 12.5. The van der Waals surface area contributed by atoms with Gasteiger partial charge in [-0.1, -0.05) is 12.1 Å². The first-order valence-electron chi connectivity index (χ1n) is 5.57. The molecule has 0 aromatic carbocycles. The van der Waals surface area contributed by atoms with Crippen molar-refractivity contribution in [2.45, 2.75) is 44.4 Å². The van der Waals surface area contributed by atoms with E-state index < -0.39 is 24.2 Å². The molecule has 2 heterocycles. The van der Waals surface area contributed by atoms with E-state index in [0.717, 1.165) is 12.6 Å². The minimum atomic E-state index is -4.62. The van der Waals surface area contributed by atoms with Crippen LogP contribution in [0.2, 0.25) is 0 Å². The smallest absolute Gasteiger partial charge is 0.352 e. The molecule has 4 nitrogen and oxygen atoms in total. The first kappa shape index (κ1) is 12.6. The highest BCUT2D eigenvalue weighted by molar-refractivity contribution is 5.63. The van der Waals surface area contributed by atoms with E-state index in [1.54, 1.807) is 0 Å². The Labute approximate surface area is 96.7 Å². The number of oxime groups is 1. The van der Waals surface area contributed by atoms with Crippen molar-refractivity contribution in [3.05, 3.63) is 0 Å². The van der Waals surface area contributed by atoms with Crippen molar-refractivity contribution in [2.75, 3.05) is 6.61 Å². The number of nitrogens with zero attached hydrogens (tertiary/aromatic N) is 1. The van der Waals surface area contributed by atoms with Crippen molar-refractivity contribution in [3.63, 3.8) is 0 Å². The Morgan fingerprint density at radius 1 is 1.47 bits per heavy atom. The number of halogens is 3. The van der Waals surface area contributed by atoms with Crippen LogP contribution in [0, 0.1) is 5.92 Å². The first-order chi connectivity index (χ1) is 7.99. The molecule has 0 aromatic rings. The number of fused-ring (bicyclic) bond motifs is 1. The zero-order valence-corrected chi connectivity index (χ0v) is 9.37. The van der Waals surface area contributed by atoms with Crippen LogP contribution >= 0.6 is 0 Å². The summed E-state index contributed by atoms with van der Waals surface area (Å²) >= 11 is 0. The number of rotatable bonds is 3. The fourth-order valence-corrected chi connectivity index (χ4v) is 1.99. The van der Waals surface area contributed by atoms with Gasteiger partial charge < -0.3 is 14.3 Å². The van der Waals surface area contributed by atoms with E-state index in [1.807, 2.05) is 6.92 Å². The predicted molar refractivity (Wildman–Crippen MR) is 52.2 cm³/mol. The Balaban J connectivity index is 2.10. The lowest BCUT2D eigenvalue weighted by Crippen LogP contribution is -2.57. The van der Waals surface area contributed by atoms with Gasteiger partial charge in [-0.15, -0.1) is 0 Å². The van der Waals surface area contributed by atoms with E-state index in [-0.39, 0.29) is 6.42 Å². The average molecular weight is 253 g/mol. The topological polar surface area (TPSA) is 40.0 Å². The zero-order valence-electron chi connectivity index (χ0n) is 9.37. The van der Waals surface area contributed by atoms with Crippen LogP contribution in [0.5, 0.6) is 0 Å². The number of ether oxygens (including phenoxy) is 2. The van der Waals surface area contributed by atoms with E-state index in [4.69, 9.17) is 9.47 Å². The lowest BCUT2D eigenvalue weighted by molar-refractivity contribution is -0.430. The van der Waals surface area contributed by atoms with E-state index >= 15 is 0 Å². The molecule has 7 heteroatoms. The molecule has 2 aliphatic rings. The monoisotopic (exact) mass is 253 g/mol. The van der Waals surface area contributed by atoms with Crippen LogP contribution in [-0.4, -0.2) is 31.1 Å². The van der Waals surface area contributed by atoms with Gasteiger partial charge >= 0.3 is 12.0 Å². The standard InChI is InChI=1S/C10H14F3NO3/c1-2-5-15-8-4-3-7-6-14-17-9(7,16-8)10(11,12)13/h6-8H,2-5H2,1H3. The number of alkyl halides is 3. The fraction of sp³-hybridized carbons (Fsp3) is 0.900. The summed E-state index contributed by atoms with van der Waals surface area (Å²) in [6.45, 7) is 2.24. The second-order valence-corrected chi connectivity index (χ2v) is 4.11. The molecule has 0 saturated carbocycles. The van der Waals surface area contributed by atoms with Gasteiger partial charge in [0.2, 0.25) is 0 Å². The minimum Gasteiger partial charge on any atom is -0.352 e. The molecule has 0 aliphatic carbocycles. The molecule has 3 atom stereocenters. The molecule has 2 aliphatic heterocycles. The molecule has 0 spiro atoms. The molecule has 1 saturated heterocycles. The molecular formula is C10H14F3NO3. The quantitative estimate of drug-likeness (QED) is 0.775. The summed E-state index contributed by atoms with van der Waals surface area (Å²) in [5.41, 5.74) is 0. The van der Waals surface area contributed by atoms with Gasteiger partial charge in [-0.3, -0.25) is 0 Å². The third kappa shape index (κ3) is 2.13. The Kier molecular flexibility index (Phi) is 3.31. The van der Waals surface area contributed by atoms with Crippen molar-refractivity contribution in [2.24, 2.45) is 11.1 Å². The van der Waals surface area contributed by atoms with Crippen LogP contribution in [0.15, 0.2) is 5.16 Å². The van der Waals surface area contributed by atoms with Crippen LogP contribution in [0.1, 0.15) is 26.2 Å². The lowest BCUT2D eigenvalue weighted by atomic mass is 9.91. The SMILES string of the molecule is CCCOC1CCC2C=NOC2(C(F)(F)F)O1. The minimum absolute atomic E-state index is 0.289. The third-order valence-corrected chi connectivity index (χ3v) is 2.84. The molecule has 17 heavy (non-hydrogen) atoms. The van der Waals surface area contributed by atoms with Crippen molar-refractivity contribution in [3.8, 4) is 0 Å². The van der Waals surface area contributed by atoms with Gasteiger partial charge in [-0.2, -0.15) is 13.2 Å². The van der Waals surface area contributed by atoms with E-state index in [1.165, 1.54) is 0 Å². The highest BCUT2D eigenvalue weighted by Crippen LogP contribution is 2.48. The molecule has 0 N–H and O–H groups in total. The maximum atomic E-state index is 13.0. The Hall–Kier alpha value is -0.820. The second-order valence-electron chi connectivity index (χ2n) is 4.11. The molecule has 0 radical (unpaired) electrons. The second kappa shape index (κ2) is 4.45. The van der Waals surface area contributed by atoms with E-state index in [2.05, 4.69) is 9.99 Å². The predicted octanol–water partition coefficient (Wildman–Crippen LogP) is 2.44. The summed E-state index contributed by atoms with van der Waals surface area (Å²) in [4.78, 5) is 4.46. The fourth-order valence-electron chi connectivity index (χ4n) is 1.99. The van der Waals surface area contributed by atoms with Gasteiger partial charge in [0, 0.05) is 6.61 Å². The number of hydrogen-bond acceptors (Lipinski definition) is 4. The van der Waals surface area contributed by atoms with E-state index in [0.29, 0.717) is 13.0 Å². The molecule has 98 valence electrons. The summed E-state index contributed by atoms with van der Waals surface area (Å²) in [5, 5.41) is 3.26. The van der Waals surface area contributed by atoms with Crippen LogP contribution in [0.4, 0.5) is 13.2 Å². The third-order valence-electron chi connectivity index (χ3n) is 2.84. The van der Waals surface area contributed by atoms with Gasteiger partial charge in [0.15, 0.2) is 6.29 Å².